The second-order valence-corrected chi connectivity index (χ2v) is 6.97. The van der Waals surface area contributed by atoms with Crippen molar-refractivity contribution in [2.75, 3.05) is 5.32 Å². The number of fused-ring (bicyclic) bond motifs is 1. The van der Waals surface area contributed by atoms with Gasteiger partial charge in [-0.05, 0) is 31.2 Å². The van der Waals surface area contributed by atoms with Crippen molar-refractivity contribution in [2.24, 2.45) is 0 Å². The van der Waals surface area contributed by atoms with E-state index < -0.39 is 18.0 Å². The van der Waals surface area contributed by atoms with Crippen LogP contribution in [0.3, 0.4) is 0 Å². The summed E-state index contributed by atoms with van der Waals surface area (Å²) in [6.45, 7) is 1.45. The van der Waals surface area contributed by atoms with E-state index >= 15 is 0 Å². The van der Waals surface area contributed by atoms with Crippen LogP contribution in [0.1, 0.15) is 39.5 Å². The number of rotatable bonds is 6. The van der Waals surface area contributed by atoms with Gasteiger partial charge in [0.05, 0.1) is 0 Å². The van der Waals surface area contributed by atoms with Crippen LogP contribution in [0.25, 0.3) is 11.0 Å². The SMILES string of the molecule is CC(=O)c1cccc(NC(=O)[C@H](OC(=O)c2cc3ccccc3o2)c2ccccc2)c1. The maximum Gasteiger partial charge on any atom is 0.375 e. The monoisotopic (exact) mass is 413 g/mol. The number of Topliss-reactive ketones (excluding diaryl/α,β-unsaturated/α-hetero) is 1. The van der Waals surface area contributed by atoms with E-state index in [1.54, 1.807) is 72.8 Å². The first-order chi connectivity index (χ1) is 15.0. The van der Waals surface area contributed by atoms with Crippen molar-refractivity contribution < 1.29 is 23.5 Å². The average Bonchev–Trinajstić information content (AvgIpc) is 3.22. The molecule has 0 aliphatic rings. The van der Waals surface area contributed by atoms with Gasteiger partial charge in [0, 0.05) is 22.2 Å². The number of ether oxygens (including phenoxy) is 1. The Bertz CT molecular complexity index is 1230. The Morgan fingerprint density at radius 2 is 1.61 bits per heavy atom. The Hall–Kier alpha value is -4.19. The van der Waals surface area contributed by atoms with E-state index in [2.05, 4.69) is 5.32 Å². The fraction of sp³-hybridized carbons (Fsp3) is 0.0800. The number of anilines is 1. The summed E-state index contributed by atoms with van der Waals surface area (Å²) in [5.74, 6) is -1.41. The number of nitrogens with one attached hydrogen (secondary N) is 1. The summed E-state index contributed by atoms with van der Waals surface area (Å²) in [7, 11) is 0. The van der Waals surface area contributed by atoms with E-state index in [4.69, 9.17) is 9.15 Å². The quantitative estimate of drug-likeness (QED) is 0.348. The summed E-state index contributed by atoms with van der Waals surface area (Å²) in [4.78, 5) is 37.4. The summed E-state index contributed by atoms with van der Waals surface area (Å²) < 4.78 is 11.1. The zero-order valence-corrected chi connectivity index (χ0v) is 16.7. The van der Waals surface area contributed by atoms with E-state index in [9.17, 15) is 14.4 Å². The van der Waals surface area contributed by atoms with Crippen LogP contribution in [0.4, 0.5) is 5.69 Å². The largest absolute Gasteiger partial charge is 0.449 e. The number of benzene rings is 3. The van der Waals surface area contributed by atoms with Gasteiger partial charge in [0.15, 0.2) is 5.78 Å². The molecule has 0 saturated carbocycles. The van der Waals surface area contributed by atoms with Gasteiger partial charge in [-0.1, -0.05) is 60.7 Å². The minimum atomic E-state index is -1.21. The molecule has 6 heteroatoms. The molecular weight excluding hydrogens is 394 g/mol. The number of esters is 1. The fourth-order valence-electron chi connectivity index (χ4n) is 3.17. The molecule has 0 unspecified atom stereocenters. The molecular formula is C25H19NO5. The fourth-order valence-corrected chi connectivity index (χ4v) is 3.17. The Labute approximate surface area is 178 Å². The third-order valence-corrected chi connectivity index (χ3v) is 4.73. The van der Waals surface area contributed by atoms with Gasteiger partial charge < -0.3 is 14.5 Å². The molecule has 0 spiro atoms. The van der Waals surface area contributed by atoms with Crippen LogP contribution in [-0.2, 0) is 9.53 Å². The molecule has 1 N–H and O–H groups in total. The Kier molecular flexibility index (Phi) is 5.62. The van der Waals surface area contributed by atoms with Crippen molar-refractivity contribution in [1.29, 1.82) is 0 Å². The van der Waals surface area contributed by atoms with E-state index in [1.807, 2.05) is 12.1 Å². The maximum absolute atomic E-state index is 13.0. The molecule has 31 heavy (non-hydrogen) atoms. The molecule has 4 aromatic rings. The van der Waals surface area contributed by atoms with E-state index in [1.165, 1.54) is 6.92 Å². The molecule has 0 aliphatic heterocycles. The van der Waals surface area contributed by atoms with Crippen molar-refractivity contribution in [3.8, 4) is 0 Å². The maximum atomic E-state index is 13.0. The molecule has 0 radical (unpaired) electrons. The first kappa shape index (κ1) is 20.1. The predicted octanol–water partition coefficient (Wildman–Crippen LogP) is 5.17. The summed E-state index contributed by atoms with van der Waals surface area (Å²) in [6.07, 6.45) is -1.21. The van der Waals surface area contributed by atoms with Crippen molar-refractivity contribution in [3.05, 3.63) is 102 Å². The molecule has 6 nitrogen and oxygen atoms in total. The first-order valence-corrected chi connectivity index (χ1v) is 9.67. The summed E-state index contributed by atoms with van der Waals surface area (Å²) >= 11 is 0. The van der Waals surface area contributed by atoms with Crippen molar-refractivity contribution in [1.82, 2.24) is 0 Å². The Balaban J connectivity index is 1.60. The van der Waals surface area contributed by atoms with Crippen LogP contribution in [0, 0.1) is 0 Å². The van der Waals surface area contributed by atoms with Crippen LogP contribution in [0.15, 0.2) is 89.3 Å². The number of hydrogen-bond acceptors (Lipinski definition) is 5. The number of furan rings is 1. The molecule has 4 rings (SSSR count). The molecule has 0 fully saturated rings. The Morgan fingerprint density at radius 1 is 0.871 bits per heavy atom. The van der Waals surface area contributed by atoms with Crippen LogP contribution in [0.2, 0.25) is 0 Å². The van der Waals surface area contributed by atoms with Gasteiger partial charge in [-0.3, -0.25) is 9.59 Å². The minimum absolute atomic E-state index is 0.00788. The van der Waals surface area contributed by atoms with Crippen LogP contribution >= 0.6 is 0 Å². The Morgan fingerprint density at radius 3 is 2.35 bits per heavy atom. The molecule has 0 aliphatic carbocycles. The highest BCUT2D eigenvalue weighted by molar-refractivity contribution is 6.00. The minimum Gasteiger partial charge on any atom is -0.449 e. The van der Waals surface area contributed by atoms with Crippen molar-refractivity contribution >= 4 is 34.3 Å². The lowest BCUT2D eigenvalue weighted by molar-refractivity contribution is -0.125. The van der Waals surface area contributed by atoms with Gasteiger partial charge >= 0.3 is 5.97 Å². The lowest BCUT2D eigenvalue weighted by atomic mass is 10.1. The second-order valence-electron chi connectivity index (χ2n) is 6.97. The van der Waals surface area contributed by atoms with Crippen LogP contribution in [-0.4, -0.2) is 17.7 Å². The highest BCUT2D eigenvalue weighted by atomic mass is 16.6. The highest BCUT2D eigenvalue weighted by Gasteiger charge is 2.27. The summed E-state index contributed by atoms with van der Waals surface area (Å²) in [5, 5.41) is 3.48. The van der Waals surface area contributed by atoms with Gasteiger partial charge in [-0.2, -0.15) is 0 Å². The molecule has 3 aromatic carbocycles. The van der Waals surface area contributed by atoms with E-state index in [-0.39, 0.29) is 11.5 Å². The smallest absolute Gasteiger partial charge is 0.375 e. The second kappa shape index (κ2) is 8.67. The number of hydrogen-bond donors (Lipinski definition) is 1. The topological polar surface area (TPSA) is 85.6 Å². The van der Waals surface area contributed by atoms with Gasteiger partial charge in [-0.15, -0.1) is 0 Å². The van der Waals surface area contributed by atoms with Gasteiger partial charge in [0.2, 0.25) is 11.9 Å². The first-order valence-electron chi connectivity index (χ1n) is 9.67. The number of ketones is 1. The van der Waals surface area contributed by atoms with Gasteiger partial charge in [0.25, 0.3) is 5.91 Å². The standard InChI is InChI=1S/C25H19NO5/c1-16(27)18-11-7-12-20(14-18)26-24(28)23(17-8-3-2-4-9-17)31-25(29)22-15-19-10-5-6-13-21(19)30-22/h2-15,23H,1H3,(H,26,28)/t23-/m1/s1. The lowest BCUT2D eigenvalue weighted by Gasteiger charge is -2.17. The number of carbonyl (C=O) groups excluding carboxylic acids is 3. The third kappa shape index (κ3) is 4.53. The molecule has 1 aromatic heterocycles. The average molecular weight is 413 g/mol. The number of amides is 1. The van der Waals surface area contributed by atoms with E-state index in [0.717, 1.165) is 5.39 Å². The molecule has 1 heterocycles. The molecule has 0 bridgehead atoms. The zero-order chi connectivity index (χ0) is 21.8. The number of para-hydroxylation sites is 1. The zero-order valence-electron chi connectivity index (χ0n) is 16.7. The van der Waals surface area contributed by atoms with Gasteiger partial charge in [0.1, 0.15) is 5.58 Å². The molecule has 1 atom stereocenters. The van der Waals surface area contributed by atoms with Crippen LogP contribution < -0.4 is 5.32 Å². The molecule has 1 amide bonds. The molecule has 154 valence electrons. The van der Waals surface area contributed by atoms with Crippen molar-refractivity contribution in [3.63, 3.8) is 0 Å². The van der Waals surface area contributed by atoms with Gasteiger partial charge in [-0.25, -0.2) is 4.79 Å². The summed E-state index contributed by atoms with van der Waals surface area (Å²) in [6, 6.07) is 24.0. The van der Waals surface area contributed by atoms with Crippen molar-refractivity contribution in [2.45, 2.75) is 13.0 Å². The number of carbonyl (C=O) groups is 3. The third-order valence-electron chi connectivity index (χ3n) is 4.73. The summed E-state index contributed by atoms with van der Waals surface area (Å²) in [5.41, 5.74) is 1.95. The normalized spacial score (nSPS) is 11.6. The molecule has 0 saturated heterocycles. The predicted molar refractivity (Wildman–Crippen MR) is 116 cm³/mol. The highest BCUT2D eigenvalue weighted by Crippen LogP contribution is 2.25. The van der Waals surface area contributed by atoms with Crippen LogP contribution in [0.5, 0.6) is 0 Å². The lowest BCUT2D eigenvalue weighted by Crippen LogP contribution is -2.26. The van der Waals surface area contributed by atoms with E-state index in [0.29, 0.717) is 22.4 Å².